The number of aryl methyl sites for hydroxylation is 1. The lowest BCUT2D eigenvalue weighted by atomic mass is 10.1. The number of benzene rings is 1. The number of phenols is 1. The van der Waals surface area contributed by atoms with Gasteiger partial charge in [0.25, 0.3) is 0 Å². The van der Waals surface area contributed by atoms with Crippen molar-refractivity contribution in [3.05, 3.63) is 28.7 Å². The second-order valence-corrected chi connectivity index (χ2v) is 4.35. The third-order valence-corrected chi connectivity index (χ3v) is 3.01. The van der Waals surface area contributed by atoms with Gasteiger partial charge in [0, 0.05) is 12.6 Å². The van der Waals surface area contributed by atoms with Gasteiger partial charge in [0.2, 0.25) is 5.82 Å². The van der Waals surface area contributed by atoms with Crippen molar-refractivity contribution in [3.8, 4) is 22.8 Å². The second-order valence-electron chi connectivity index (χ2n) is 3.95. The number of rotatable bonds is 3. The fourth-order valence-corrected chi connectivity index (χ4v) is 2.07. The number of methoxy groups -OCH3 is 1. The molecule has 1 heterocycles. The third kappa shape index (κ3) is 2.16. The van der Waals surface area contributed by atoms with Gasteiger partial charge in [-0.05, 0) is 12.1 Å². The van der Waals surface area contributed by atoms with Crippen LogP contribution >= 0.6 is 11.6 Å². The molecule has 0 aliphatic heterocycles. The molecule has 0 atom stereocenters. The number of carbonyl (C=O) groups is 1. The zero-order chi connectivity index (χ0) is 15.0. The van der Waals surface area contributed by atoms with E-state index in [2.05, 4.69) is 5.10 Å². The summed E-state index contributed by atoms with van der Waals surface area (Å²) in [4.78, 5) is 10.9. The second kappa shape index (κ2) is 5.01. The van der Waals surface area contributed by atoms with E-state index in [-0.39, 0.29) is 27.7 Å². The maximum absolute atomic E-state index is 13.9. The van der Waals surface area contributed by atoms with Gasteiger partial charge in [-0.25, -0.2) is 4.79 Å². The van der Waals surface area contributed by atoms with Gasteiger partial charge >= 0.3 is 5.97 Å². The van der Waals surface area contributed by atoms with Gasteiger partial charge in [-0.15, -0.1) is 0 Å². The zero-order valence-electron chi connectivity index (χ0n) is 10.5. The van der Waals surface area contributed by atoms with E-state index in [1.807, 2.05) is 0 Å². The number of aromatic hydroxyl groups is 1. The van der Waals surface area contributed by atoms with Crippen LogP contribution in [0.15, 0.2) is 12.1 Å². The molecule has 2 rings (SSSR count). The number of hydrogen-bond acceptors (Lipinski definition) is 4. The number of aromatic carboxylic acids is 1. The number of ether oxygens (including phenoxy) is 1. The van der Waals surface area contributed by atoms with Crippen LogP contribution in [-0.4, -0.2) is 33.1 Å². The molecule has 0 saturated carbocycles. The summed E-state index contributed by atoms with van der Waals surface area (Å²) in [5.74, 6) is -3.22. The summed E-state index contributed by atoms with van der Waals surface area (Å²) >= 11 is 5.86. The van der Waals surface area contributed by atoms with E-state index in [1.54, 1.807) is 0 Å². The first-order chi connectivity index (χ1) is 9.36. The minimum Gasteiger partial charge on any atom is -0.504 e. The van der Waals surface area contributed by atoms with Crippen LogP contribution < -0.4 is 4.74 Å². The standard InChI is InChI=1S/C12H10ClFN2O4/c1-16-8(4-7(15-16)12(18)19)5-3-6(13)11(20-2)9(14)10(5)17/h3-4,17H,1-2H3,(H,18,19). The number of aromatic nitrogens is 2. The largest absolute Gasteiger partial charge is 0.504 e. The van der Waals surface area contributed by atoms with Gasteiger partial charge < -0.3 is 14.9 Å². The Morgan fingerprint density at radius 1 is 1.50 bits per heavy atom. The number of halogens is 2. The summed E-state index contributed by atoms with van der Waals surface area (Å²) in [6.45, 7) is 0. The van der Waals surface area contributed by atoms with Crippen LogP contribution in [-0.2, 0) is 7.05 Å². The smallest absolute Gasteiger partial charge is 0.356 e. The minimum atomic E-state index is -1.23. The molecule has 20 heavy (non-hydrogen) atoms. The summed E-state index contributed by atoms with van der Waals surface area (Å²) in [5, 5.41) is 22.4. The normalized spacial score (nSPS) is 10.6. The quantitative estimate of drug-likeness (QED) is 0.908. The average Bonchev–Trinajstić information content (AvgIpc) is 2.77. The zero-order valence-corrected chi connectivity index (χ0v) is 11.3. The summed E-state index contributed by atoms with van der Waals surface area (Å²) in [7, 11) is 2.69. The fraction of sp³-hybridized carbons (Fsp3) is 0.167. The van der Waals surface area contributed by atoms with Crippen molar-refractivity contribution in [1.82, 2.24) is 9.78 Å². The fourth-order valence-electron chi connectivity index (χ4n) is 1.80. The molecule has 0 amide bonds. The first-order valence-corrected chi connectivity index (χ1v) is 5.77. The third-order valence-electron chi connectivity index (χ3n) is 2.73. The predicted octanol–water partition coefficient (Wildman–Crippen LogP) is 2.29. The molecule has 0 radical (unpaired) electrons. The molecule has 0 aliphatic carbocycles. The molecule has 106 valence electrons. The molecule has 0 fully saturated rings. The van der Waals surface area contributed by atoms with E-state index in [9.17, 15) is 14.3 Å². The molecular formula is C12H10ClFN2O4. The number of hydrogen-bond donors (Lipinski definition) is 2. The number of nitrogens with zero attached hydrogens (tertiary/aromatic N) is 2. The van der Waals surface area contributed by atoms with Crippen LogP contribution in [0.4, 0.5) is 4.39 Å². The summed E-state index contributed by atoms with van der Waals surface area (Å²) in [6, 6.07) is 2.49. The van der Waals surface area contributed by atoms with Crippen molar-refractivity contribution in [2.75, 3.05) is 7.11 Å². The molecule has 0 spiro atoms. The molecular weight excluding hydrogens is 291 g/mol. The van der Waals surface area contributed by atoms with Gasteiger partial charge in [0.15, 0.2) is 17.2 Å². The lowest BCUT2D eigenvalue weighted by molar-refractivity contribution is 0.0689. The Morgan fingerprint density at radius 3 is 2.65 bits per heavy atom. The predicted molar refractivity (Wildman–Crippen MR) is 68.8 cm³/mol. The maximum Gasteiger partial charge on any atom is 0.356 e. The first kappa shape index (κ1) is 14.1. The van der Waals surface area contributed by atoms with Gasteiger partial charge in [0.1, 0.15) is 0 Å². The molecule has 1 aromatic heterocycles. The van der Waals surface area contributed by atoms with E-state index < -0.39 is 17.5 Å². The van der Waals surface area contributed by atoms with Crippen molar-refractivity contribution >= 4 is 17.6 Å². The molecule has 0 unspecified atom stereocenters. The van der Waals surface area contributed by atoms with E-state index >= 15 is 0 Å². The SMILES string of the molecule is COc1c(Cl)cc(-c2cc(C(=O)O)nn2C)c(O)c1F. The highest BCUT2D eigenvalue weighted by molar-refractivity contribution is 6.32. The van der Waals surface area contributed by atoms with Crippen molar-refractivity contribution in [1.29, 1.82) is 0 Å². The number of carboxylic acids is 1. The Hall–Kier alpha value is -2.28. The number of carboxylic acid groups (broad SMARTS) is 1. The molecule has 8 heteroatoms. The number of phenolic OH excluding ortho intramolecular Hbond substituents is 1. The molecule has 2 aromatic rings. The molecule has 0 saturated heterocycles. The van der Waals surface area contributed by atoms with Crippen LogP contribution in [0, 0.1) is 5.82 Å². The van der Waals surface area contributed by atoms with Crippen LogP contribution in [0.2, 0.25) is 5.02 Å². The monoisotopic (exact) mass is 300 g/mol. The topological polar surface area (TPSA) is 84.6 Å². The van der Waals surface area contributed by atoms with E-state index in [0.29, 0.717) is 0 Å². The average molecular weight is 301 g/mol. The first-order valence-electron chi connectivity index (χ1n) is 5.39. The molecule has 0 bridgehead atoms. The van der Waals surface area contributed by atoms with E-state index in [0.717, 1.165) is 0 Å². The molecule has 2 N–H and O–H groups in total. The van der Waals surface area contributed by atoms with Gasteiger partial charge in [-0.1, -0.05) is 11.6 Å². The van der Waals surface area contributed by atoms with Crippen LogP contribution in [0.1, 0.15) is 10.5 Å². The van der Waals surface area contributed by atoms with Crippen molar-refractivity contribution in [2.24, 2.45) is 7.05 Å². The summed E-state index contributed by atoms with van der Waals surface area (Å²) < 4.78 is 19.8. The van der Waals surface area contributed by atoms with E-state index in [4.69, 9.17) is 21.4 Å². The highest BCUT2D eigenvalue weighted by atomic mass is 35.5. The van der Waals surface area contributed by atoms with Crippen molar-refractivity contribution < 1.29 is 24.1 Å². The molecule has 0 aliphatic rings. The lowest BCUT2D eigenvalue weighted by Crippen LogP contribution is -1.99. The Bertz CT molecular complexity index is 699. The summed E-state index contributed by atoms with van der Waals surface area (Å²) in [6.07, 6.45) is 0. The lowest BCUT2D eigenvalue weighted by Gasteiger charge is -2.10. The van der Waals surface area contributed by atoms with E-state index in [1.165, 1.54) is 31.0 Å². The summed E-state index contributed by atoms with van der Waals surface area (Å²) in [5.41, 5.74) is 0.00778. The molecule has 6 nitrogen and oxygen atoms in total. The Balaban J connectivity index is 2.67. The molecule has 1 aromatic carbocycles. The van der Waals surface area contributed by atoms with Gasteiger partial charge in [0.05, 0.1) is 17.8 Å². The van der Waals surface area contributed by atoms with Crippen LogP contribution in [0.5, 0.6) is 11.5 Å². The Morgan fingerprint density at radius 2 is 2.15 bits per heavy atom. The van der Waals surface area contributed by atoms with Crippen molar-refractivity contribution in [2.45, 2.75) is 0 Å². The minimum absolute atomic E-state index is 0.0239. The highest BCUT2D eigenvalue weighted by Crippen LogP contribution is 2.41. The van der Waals surface area contributed by atoms with Gasteiger partial charge in [-0.2, -0.15) is 9.49 Å². The Kier molecular flexibility index (Phi) is 3.54. The highest BCUT2D eigenvalue weighted by Gasteiger charge is 2.22. The van der Waals surface area contributed by atoms with Crippen LogP contribution in [0.25, 0.3) is 11.3 Å². The van der Waals surface area contributed by atoms with Gasteiger partial charge in [-0.3, -0.25) is 4.68 Å². The van der Waals surface area contributed by atoms with Crippen LogP contribution in [0.3, 0.4) is 0 Å². The van der Waals surface area contributed by atoms with Crippen molar-refractivity contribution in [3.63, 3.8) is 0 Å². The Labute approximate surface area is 118 Å². The maximum atomic E-state index is 13.9.